The summed E-state index contributed by atoms with van der Waals surface area (Å²) in [6.07, 6.45) is 4.18. The minimum atomic E-state index is 0.204. The second-order valence-corrected chi connectivity index (χ2v) is 6.11. The fourth-order valence-electron chi connectivity index (χ4n) is 2.43. The topological polar surface area (TPSA) is 60.2 Å². The van der Waals surface area contributed by atoms with E-state index in [0.29, 0.717) is 12.4 Å². The highest BCUT2D eigenvalue weighted by Crippen LogP contribution is 2.19. The quantitative estimate of drug-likeness (QED) is 0.682. The summed E-state index contributed by atoms with van der Waals surface area (Å²) >= 11 is 1.48. The molecule has 7 heteroatoms. The molecule has 1 fully saturated rings. The molecule has 0 radical (unpaired) electrons. The largest absolute Gasteiger partial charge is 0.383 e. The van der Waals surface area contributed by atoms with E-state index in [4.69, 9.17) is 4.74 Å². The Labute approximate surface area is 130 Å². The van der Waals surface area contributed by atoms with Gasteiger partial charge in [0.05, 0.1) is 12.4 Å². The van der Waals surface area contributed by atoms with Gasteiger partial charge in [-0.15, -0.1) is 10.2 Å². The number of likely N-dealkylation sites (tertiary alicyclic amines) is 1. The van der Waals surface area contributed by atoms with Gasteiger partial charge < -0.3 is 14.2 Å². The number of amides is 1. The highest BCUT2D eigenvalue weighted by atomic mass is 32.2. The molecule has 0 saturated carbocycles. The van der Waals surface area contributed by atoms with Gasteiger partial charge in [-0.05, 0) is 19.3 Å². The fourth-order valence-corrected chi connectivity index (χ4v) is 3.31. The van der Waals surface area contributed by atoms with Gasteiger partial charge in [0, 0.05) is 33.2 Å². The third-order valence-corrected chi connectivity index (χ3v) is 4.52. The molecule has 6 nitrogen and oxygen atoms in total. The summed E-state index contributed by atoms with van der Waals surface area (Å²) in [6.45, 7) is 5.29. The maximum absolute atomic E-state index is 12.1. The van der Waals surface area contributed by atoms with Crippen molar-refractivity contribution in [3.05, 3.63) is 5.82 Å². The van der Waals surface area contributed by atoms with E-state index in [-0.39, 0.29) is 5.91 Å². The molecule has 1 aromatic rings. The number of nitrogens with zero attached hydrogens (tertiary/aromatic N) is 4. The highest BCUT2D eigenvalue weighted by molar-refractivity contribution is 7.99. The molecule has 2 heterocycles. The van der Waals surface area contributed by atoms with E-state index in [1.54, 1.807) is 7.11 Å². The third kappa shape index (κ3) is 4.44. The SMILES string of the molecule is CCCc1nnc(SCC(=O)N2CCCC2)n1CCOC. The summed E-state index contributed by atoms with van der Waals surface area (Å²) < 4.78 is 7.23. The molecule has 118 valence electrons. The van der Waals surface area contributed by atoms with E-state index in [1.807, 2.05) is 4.90 Å². The van der Waals surface area contributed by atoms with Crippen molar-refractivity contribution in [2.24, 2.45) is 0 Å². The number of hydrogen-bond acceptors (Lipinski definition) is 5. The van der Waals surface area contributed by atoms with E-state index in [1.165, 1.54) is 11.8 Å². The lowest BCUT2D eigenvalue weighted by Gasteiger charge is -2.15. The van der Waals surface area contributed by atoms with Crippen LogP contribution >= 0.6 is 11.8 Å². The van der Waals surface area contributed by atoms with E-state index in [2.05, 4.69) is 21.7 Å². The van der Waals surface area contributed by atoms with Gasteiger partial charge >= 0.3 is 0 Å². The van der Waals surface area contributed by atoms with Crippen molar-refractivity contribution >= 4 is 17.7 Å². The normalized spacial score (nSPS) is 14.9. The van der Waals surface area contributed by atoms with Crippen molar-refractivity contribution < 1.29 is 9.53 Å². The number of rotatable bonds is 8. The average molecular weight is 312 g/mol. The van der Waals surface area contributed by atoms with Crippen LogP contribution in [0, 0.1) is 0 Å². The fraction of sp³-hybridized carbons (Fsp3) is 0.786. The Bertz CT molecular complexity index is 458. The molecule has 0 aliphatic carbocycles. The maximum atomic E-state index is 12.1. The number of carbonyl (C=O) groups is 1. The lowest BCUT2D eigenvalue weighted by molar-refractivity contribution is -0.127. The molecule has 0 aromatic carbocycles. The zero-order valence-corrected chi connectivity index (χ0v) is 13.7. The Morgan fingerprint density at radius 2 is 2.10 bits per heavy atom. The summed E-state index contributed by atoms with van der Waals surface area (Å²) in [6, 6.07) is 0. The van der Waals surface area contributed by atoms with Crippen LogP contribution in [0.3, 0.4) is 0 Å². The van der Waals surface area contributed by atoms with Crippen LogP contribution in [-0.4, -0.2) is 58.1 Å². The molecule has 1 aliphatic rings. The highest BCUT2D eigenvalue weighted by Gasteiger charge is 2.19. The number of thioether (sulfide) groups is 1. The Balaban J connectivity index is 1.95. The minimum Gasteiger partial charge on any atom is -0.383 e. The van der Waals surface area contributed by atoms with Crippen LogP contribution < -0.4 is 0 Å². The van der Waals surface area contributed by atoms with Crippen molar-refractivity contribution in [3.8, 4) is 0 Å². The van der Waals surface area contributed by atoms with E-state index >= 15 is 0 Å². The third-order valence-electron chi connectivity index (χ3n) is 3.57. The second-order valence-electron chi connectivity index (χ2n) is 5.17. The molecular formula is C14H24N4O2S. The molecule has 0 N–H and O–H groups in total. The standard InChI is InChI=1S/C14H24N4O2S/c1-3-6-12-15-16-14(18(12)9-10-20-2)21-11-13(19)17-7-4-5-8-17/h3-11H2,1-2H3. The summed E-state index contributed by atoms with van der Waals surface area (Å²) in [5, 5.41) is 9.30. The van der Waals surface area contributed by atoms with Crippen LogP contribution in [0.1, 0.15) is 32.0 Å². The van der Waals surface area contributed by atoms with Crippen LogP contribution in [-0.2, 0) is 22.5 Å². The molecular weight excluding hydrogens is 288 g/mol. The van der Waals surface area contributed by atoms with E-state index < -0.39 is 0 Å². The summed E-state index contributed by atoms with van der Waals surface area (Å²) in [4.78, 5) is 14.0. The van der Waals surface area contributed by atoms with Crippen molar-refractivity contribution in [2.45, 2.75) is 44.3 Å². The van der Waals surface area contributed by atoms with Crippen LogP contribution in [0.5, 0.6) is 0 Å². The van der Waals surface area contributed by atoms with Gasteiger partial charge in [0.2, 0.25) is 5.91 Å². The Hall–Kier alpha value is -1.08. The molecule has 1 aromatic heterocycles. The monoisotopic (exact) mass is 312 g/mol. The number of ether oxygens (including phenoxy) is 1. The van der Waals surface area contributed by atoms with Gasteiger partial charge in [-0.3, -0.25) is 4.79 Å². The summed E-state index contributed by atoms with van der Waals surface area (Å²) in [7, 11) is 1.69. The first-order valence-electron chi connectivity index (χ1n) is 7.57. The zero-order chi connectivity index (χ0) is 15.1. The van der Waals surface area contributed by atoms with Crippen LogP contribution in [0.4, 0.5) is 0 Å². The van der Waals surface area contributed by atoms with Crippen LogP contribution in [0.25, 0.3) is 0 Å². The van der Waals surface area contributed by atoms with Gasteiger partial charge in [-0.2, -0.15) is 0 Å². The zero-order valence-electron chi connectivity index (χ0n) is 12.9. The number of aromatic nitrogens is 3. The summed E-state index contributed by atoms with van der Waals surface area (Å²) in [5.41, 5.74) is 0. The maximum Gasteiger partial charge on any atom is 0.233 e. The van der Waals surface area contributed by atoms with Crippen molar-refractivity contribution in [2.75, 3.05) is 32.6 Å². The van der Waals surface area contributed by atoms with Crippen LogP contribution in [0.15, 0.2) is 5.16 Å². The number of hydrogen-bond donors (Lipinski definition) is 0. The summed E-state index contributed by atoms with van der Waals surface area (Å²) in [5.74, 6) is 1.62. The van der Waals surface area contributed by atoms with Gasteiger partial charge in [0.1, 0.15) is 5.82 Å². The first-order chi connectivity index (χ1) is 10.3. The molecule has 0 atom stereocenters. The molecule has 2 rings (SSSR count). The Kier molecular flexibility index (Phi) is 6.50. The lowest BCUT2D eigenvalue weighted by Crippen LogP contribution is -2.29. The molecule has 21 heavy (non-hydrogen) atoms. The Morgan fingerprint density at radius 1 is 1.33 bits per heavy atom. The first-order valence-corrected chi connectivity index (χ1v) is 8.56. The molecule has 1 amide bonds. The first kappa shape index (κ1) is 16.3. The molecule has 1 saturated heterocycles. The van der Waals surface area contributed by atoms with Gasteiger partial charge in [0.25, 0.3) is 0 Å². The number of carbonyl (C=O) groups excluding carboxylic acids is 1. The Morgan fingerprint density at radius 3 is 2.76 bits per heavy atom. The van der Waals surface area contributed by atoms with E-state index in [0.717, 1.165) is 56.3 Å². The average Bonchev–Trinajstić information content (AvgIpc) is 3.13. The van der Waals surface area contributed by atoms with Gasteiger partial charge in [0.15, 0.2) is 5.16 Å². The smallest absolute Gasteiger partial charge is 0.233 e. The van der Waals surface area contributed by atoms with Crippen molar-refractivity contribution in [3.63, 3.8) is 0 Å². The van der Waals surface area contributed by atoms with Crippen molar-refractivity contribution in [1.82, 2.24) is 19.7 Å². The van der Waals surface area contributed by atoms with E-state index in [9.17, 15) is 4.79 Å². The number of aryl methyl sites for hydroxylation is 1. The molecule has 1 aliphatic heterocycles. The van der Waals surface area contributed by atoms with Gasteiger partial charge in [-0.25, -0.2) is 0 Å². The molecule has 0 spiro atoms. The minimum absolute atomic E-state index is 0.204. The number of methoxy groups -OCH3 is 1. The second kappa shape index (κ2) is 8.38. The van der Waals surface area contributed by atoms with Crippen LogP contribution in [0.2, 0.25) is 0 Å². The van der Waals surface area contributed by atoms with Gasteiger partial charge in [-0.1, -0.05) is 18.7 Å². The molecule has 0 unspecified atom stereocenters. The molecule has 0 bridgehead atoms. The van der Waals surface area contributed by atoms with Crippen molar-refractivity contribution in [1.29, 1.82) is 0 Å². The predicted molar refractivity (Wildman–Crippen MR) is 82.4 cm³/mol. The predicted octanol–water partition coefficient (Wildman–Crippen LogP) is 1.59. The lowest BCUT2D eigenvalue weighted by atomic mass is 10.3.